The van der Waals surface area contributed by atoms with Gasteiger partial charge in [-0.15, -0.1) is 0 Å². The fourth-order valence-corrected chi connectivity index (χ4v) is 2.30. The number of hydrogen-bond donors (Lipinski definition) is 1. The van der Waals surface area contributed by atoms with Crippen molar-refractivity contribution in [2.24, 2.45) is 5.73 Å². The summed E-state index contributed by atoms with van der Waals surface area (Å²) in [6.45, 7) is 3.98. The van der Waals surface area contributed by atoms with Crippen LogP contribution in [-0.2, 0) is 6.42 Å². The molecule has 0 saturated heterocycles. The van der Waals surface area contributed by atoms with Gasteiger partial charge in [0.1, 0.15) is 13.2 Å². The van der Waals surface area contributed by atoms with Gasteiger partial charge >= 0.3 is 0 Å². The predicted octanol–water partition coefficient (Wildman–Crippen LogP) is 3.05. The maximum absolute atomic E-state index is 5.76. The Kier molecular flexibility index (Phi) is 7.23. The minimum absolute atomic E-state index is 0.410. The molecule has 24 heavy (non-hydrogen) atoms. The normalized spacial score (nSPS) is 10.3. The number of benzene rings is 2. The van der Waals surface area contributed by atoms with E-state index in [0.717, 1.165) is 17.7 Å². The topological polar surface area (TPSA) is 62.9 Å². The maximum atomic E-state index is 5.76. The van der Waals surface area contributed by atoms with E-state index in [9.17, 15) is 0 Å². The van der Waals surface area contributed by atoms with E-state index >= 15 is 0 Å². The molecule has 2 aromatic carbocycles. The molecule has 0 heterocycles. The second-order valence-corrected chi connectivity index (χ2v) is 5.10. The zero-order chi connectivity index (χ0) is 17.2. The molecule has 2 rings (SSSR count). The van der Waals surface area contributed by atoms with Crippen molar-refractivity contribution in [1.29, 1.82) is 0 Å². The van der Waals surface area contributed by atoms with Crippen LogP contribution in [0.25, 0.3) is 0 Å². The van der Waals surface area contributed by atoms with Crippen molar-refractivity contribution in [2.75, 3.05) is 33.5 Å². The fraction of sp³-hybridized carbons (Fsp3) is 0.368. The van der Waals surface area contributed by atoms with Crippen LogP contribution < -0.4 is 24.7 Å². The van der Waals surface area contributed by atoms with Gasteiger partial charge in [0, 0.05) is 0 Å². The number of para-hydroxylation sites is 2. The lowest BCUT2D eigenvalue weighted by Crippen LogP contribution is -2.10. The molecule has 2 N–H and O–H groups in total. The van der Waals surface area contributed by atoms with Gasteiger partial charge < -0.3 is 24.7 Å². The molecule has 0 spiro atoms. The first-order valence-electron chi connectivity index (χ1n) is 8.13. The summed E-state index contributed by atoms with van der Waals surface area (Å²) in [5.74, 6) is 2.85. The molecule has 0 aliphatic rings. The number of methoxy groups -OCH3 is 1. The van der Waals surface area contributed by atoms with E-state index in [2.05, 4.69) is 0 Å². The maximum Gasteiger partial charge on any atom is 0.161 e. The van der Waals surface area contributed by atoms with Crippen LogP contribution in [0.2, 0.25) is 0 Å². The summed E-state index contributed by atoms with van der Waals surface area (Å²) in [6, 6.07) is 13.5. The molecular formula is C19H25NO4. The quantitative estimate of drug-likeness (QED) is 0.678. The summed E-state index contributed by atoms with van der Waals surface area (Å²) in [7, 11) is 1.63. The van der Waals surface area contributed by atoms with E-state index in [1.807, 2.05) is 49.4 Å². The molecule has 0 saturated carbocycles. The van der Waals surface area contributed by atoms with Gasteiger partial charge in [-0.1, -0.05) is 18.2 Å². The molecule has 5 heteroatoms. The minimum atomic E-state index is 0.410. The van der Waals surface area contributed by atoms with Gasteiger partial charge in [-0.3, -0.25) is 0 Å². The smallest absolute Gasteiger partial charge is 0.161 e. The molecule has 2 aromatic rings. The van der Waals surface area contributed by atoms with Crippen LogP contribution >= 0.6 is 0 Å². The SMILES string of the molecule is CCOc1ccccc1OCCOc1ccc(CCN)cc1OC. The zero-order valence-corrected chi connectivity index (χ0v) is 14.3. The van der Waals surface area contributed by atoms with Gasteiger partial charge in [-0.2, -0.15) is 0 Å². The Morgan fingerprint density at radius 3 is 2.04 bits per heavy atom. The van der Waals surface area contributed by atoms with Gasteiger partial charge in [-0.25, -0.2) is 0 Å². The molecule has 5 nitrogen and oxygen atoms in total. The van der Waals surface area contributed by atoms with Crippen molar-refractivity contribution in [2.45, 2.75) is 13.3 Å². The number of nitrogens with two attached hydrogens (primary N) is 1. The Bertz CT molecular complexity index is 631. The molecular weight excluding hydrogens is 306 g/mol. The highest BCUT2D eigenvalue weighted by Crippen LogP contribution is 2.29. The third kappa shape index (κ3) is 5.06. The van der Waals surface area contributed by atoms with Crippen molar-refractivity contribution in [3.05, 3.63) is 48.0 Å². The summed E-state index contributed by atoms with van der Waals surface area (Å²) in [6.07, 6.45) is 0.813. The van der Waals surface area contributed by atoms with Crippen molar-refractivity contribution in [3.63, 3.8) is 0 Å². The van der Waals surface area contributed by atoms with Gasteiger partial charge in [-0.05, 0) is 49.7 Å². The first-order chi connectivity index (χ1) is 11.8. The highest BCUT2D eigenvalue weighted by Gasteiger charge is 2.07. The first-order valence-corrected chi connectivity index (χ1v) is 8.13. The number of ether oxygens (including phenoxy) is 4. The number of hydrogen-bond acceptors (Lipinski definition) is 5. The van der Waals surface area contributed by atoms with Crippen LogP contribution in [0.3, 0.4) is 0 Å². The molecule has 130 valence electrons. The minimum Gasteiger partial charge on any atom is -0.493 e. The van der Waals surface area contributed by atoms with Gasteiger partial charge in [0.05, 0.1) is 13.7 Å². The van der Waals surface area contributed by atoms with Crippen LogP contribution in [-0.4, -0.2) is 33.5 Å². The van der Waals surface area contributed by atoms with Crippen molar-refractivity contribution < 1.29 is 18.9 Å². The summed E-state index contributed by atoms with van der Waals surface area (Å²) in [4.78, 5) is 0. The Hall–Kier alpha value is -2.40. The zero-order valence-electron chi connectivity index (χ0n) is 14.3. The van der Waals surface area contributed by atoms with Crippen LogP contribution in [0.1, 0.15) is 12.5 Å². The Morgan fingerprint density at radius 2 is 1.46 bits per heavy atom. The summed E-state index contributed by atoms with van der Waals surface area (Å²) in [5.41, 5.74) is 6.71. The molecule has 0 atom stereocenters. The molecule has 0 unspecified atom stereocenters. The molecule has 0 bridgehead atoms. The van der Waals surface area contributed by atoms with Crippen molar-refractivity contribution in [3.8, 4) is 23.0 Å². The molecule has 0 amide bonds. The summed E-state index contributed by atoms with van der Waals surface area (Å²) in [5, 5.41) is 0. The van der Waals surface area contributed by atoms with Crippen LogP contribution in [0.4, 0.5) is 0 Å². The van der Waals surface area contributed by atoms with Crippen molar-refractivity contribution >= 4 is 0 Å². The fourth-order valence-electron chi connectivity index (χ4n) is 2.30. The van der Waals surface area contributed by atoms with E-state index in [1.54, 1.807) is 7.11 Å². The van der Waals surface area contributed by atoms with E-state index in [1.165, 1.54) is 0 Å². The van der Waals surface area contributed by atoms with E-state index in [0.29, 0.717) is 43.6 Å². The lowest BCUT2D eigenvalue weighted by molar-refractivity contribution is 0.203. The van der Waals surface area contributed by atoms with Crippen molar-refractivity contribution in [1.82, 2.24) is 0 Å². The third-order valence-corrected chi connectivity index (χ3v) is 3.41. The highest BCUT2D eigenvalue weighted by atomic mass is 16.5. The molecule has 0 fully saturated rings. The number of rotatable bonds is 10. The van der Waals surface area contributed by atoms with E-state index in [-0.39, 0.29) is 0 Å². The van der Waals surface area contributed by atoms with Gasteiger partial charge in [0.2, 0.25) is 0 Å². The Labute approximate surface area is 143 Å². The monoisotopic (exact) mass is 331 g/mol. The lowest BCUT2D eigenvalue weighted by Gasteiger charge is -2.14. The van der Waals surface area contributed by atoms with Gasteiger partial charge in [0.25, 0.3) is 0 Å². The van der Waals surface area contributed by atoms with Crippen LogP contribution in [0.5, 0.6) is 23.0 Å². The van der Waals surface area contributed by atoms with Gasteiger partial charge in [0.15, 0.2) is 23.0 Å². The van der Waals surface area contributed by atoms with E-state index in [4.69, 9.17) is 24.7 Å². The first kappa shape index (κ1) is 17.9. The van der Waals surface area contributed by atoms with Crippen LogP contribution in [0, 0.1) is 0 Å². The predicted molar refractivity (Wildman–Crippen MR) is 94.4 cm³/mol. The second-order valence-electron chi connectivity index (χ2n) is 5.10. The molecule has 0 aliphatic carbocycles. The van der Waals surface area contributed by atoms with Crippen LogP contribution in [0.15, 0.2) is 42.5 Å². The molecule has 0 aliphatic heterocycles. The third-order valence-electron chi connectivity index (χ3n) is 3.41. The Morgan fingerprint density at radius 1 is 0.833 bits per heavy atom. The second kappa shape index (κ2) is 9.67. The summed E-state index contributed by atoms with van der Waals surface area (Å²) >= 11 is 0. The van der Waals surface area contributed by atoms with E-state index < -0.39 is 0 Å². The standard InChI is InChI=1S/C19H25NO4/c1-3-22-16-6-4-5-7-17(16)23-12-13-24-18-9-8-15(10-11-20)14-19(18)21-2/h4-9,14H,3,10-13,20H2,1-2H3. The highest BCUT2D eigenvalue weighted by molar-refractivity contribution is 5.43. The molecule has 0 aromatic heterocycles. The molecule has 0 radical (unpaired) electrons. The largest absolute Gasteiger partial charge is 0.493 e. The average molecular weight is 331 g/mol. The Balaban J connectivity index is 1.88. The average Bonchev–Trinajstić information content (AvgIpc) is 2.61. The summed E-state index contributed by atoms with van der Waals surface area (Å²) < 4.78 is 22.4. The lowest BCUT2D eigenvalue weighted by atomic mass is 10.1.